The van der Waals surface area contributed by atoms with Crippen LogP contribution < -0.4 is 16.6 Å². The molecule has 0 atom stereocenters. The Bertz CT molecular complexity index is 446. The molecule has 1 aromatic rings. The minimum atomic E-state index is -0.603. The normalized spacial score (nSPS) is 17.6. The summed E-state index contributed by atoms with van der Waals surface area (Å²) in [7, 11) is 0. The van der Waals surface area contributed by atoms with Crippen LogP contribution in [0.1, 0.15) is 25.0 Å². The lowest BCUT2D eigenvalue weighted by atomic mass is 9.98. The fourth-order valence-corrected chi connectivity index (χ4v) is 1.76. The van der Waals surface area contributed by atoms with E-state index < -0.39 is 6.03 Å². The molecule has 1 aromatic heterocycles. The van der Waals surface area contributed by atoms with E-state index in [1.54, 1.807) is 6.26 Å². The number of nitrogens with one attached hydrogen (secondary N) is 2. The average molecular weight is 233 g/mol. The van der Waals surface area contributed by atoms with Crippen molar-refractivity contribution in [1.82, 2.24) is 10.9 Å². The van der Waals surface area contributed by atoms with Gasteiger partial charge < -0.3 is 10.2 Å². The number of hydrogen-bond acceptors (Lipinski definition) is 3. The number of carbonyl (C=O) groups excluding carboxylic acids is 1. The van der Waals surface area contributed by atoms with Crippen molar-refractivity contribution in [2.75, 3.05) is 0 Å². The number of carbonyl (C=O) groups is 1. The predicted octanol–water partition coefficient (Wildman–Crippen LogP) is 1.90. The minimum Gasteiger partial charge on any atom is -0.465 e. The van der Waals surface area contributed by atoms with E-state index in [2.05, 4.69) is 10.9 Å². The molecule has 0 fully saturated rings. The summed E-state index contributed by atoms with van der Waals surface area (Å²) in [6, 6.07) is 3.13. The molecule has 4 N–H and O–H groups in total. The molecule has 2 amide bonds. The number of amides is 2. The Labute approximate surface area is 99.3 Å². The van der Waals surface area contributed by atoms with E-state index in [4.69, 9.17) is 10.2 Å². The van der Waals surface area contributed by atoms with Crippen molar-refractivity contribution in [3.63, 3.8) is 0 Å². The van der Waals surface area contributed by atoms with Gasteiger partial charge in [0.1, 0.15) is 5.76 Å². The number of hydrogen-bond donors (Lipinski definition) is 3. The van der Waals surface area contributed by atoms with Crippen LogP contribution in [0.25, 0.3) is 6.08 Å². The van der Waals surface area contributed by atoms with Crippen LogP contribution in [0.15, 0.2) is 40.2 Å². The van der Waals surface area contributed by atoms with Crippen molar-refractivity contribution in [3.8, 4) is 0 Å². The maximum Gasteiger partial charge on any atom is 0.330 e. The summed E-state index contributed by atoms with van der Waals surface area (Å²) < 4.78 is 5.27. The van der Waals surface area contributed by atoms with Crippen molar-refractivity contribution >= 4 is 12.1 Å². The standard InChI is InChI=1S/C12H15N3O2/c13-12(16)15-14-11-6-2-1-4-9(11)8-10-5-3-7-17-10/h3,5-8,14H,1-2,4H2,(H3,13,15,16)/b9-8+. The molecule has 0 spiro atoms. The molecule has 0 saturated heterocycles. The molecule has 0 unspecified atom stereocenters. The Morgan fingerprint density at radius 3 is 3.12 bits per heavy atom. The van der Waals surface area contributed by atoms with Gasteiger partial charge in [0, 0.05) is 0 Å². The summed E-state index contributed by atoms with van der Waals surface area (Å²) in [6.07, 6.45) is 8.65. The molecule has 0 radical (unpaired) electrons. The van der Waals surface area contributed by atoms with Crippen LogP contribution in [0, 0.1) is 0 Å². The first-order chi connectivity index (χ1) is 8.25. The summed E-state index contributed by atoms with van der Waals surface area (Å²) >= 11 is 0. The molecule has 5 nitrogen and oxygen atoms in total. The topological polar surface area (TPSA) is 80.3 Å². The van der Waals surface area contributed by atoms with Crippen molar-refractivity contribution in [2.24, 2.45) is 5.73 Å². The largest absolute Gasteiger partial charge is 0.465 e. The molecule has 5 heteroatoms. The Hall–Kier alpha value is -2.17. The van der Waals surface area contributed by atoms with Crippen LogP contribution in [0.2, 0.25) is 0 Å². The first kappa shape index (κ1) is 11.3. The summed E-state index contributed by atoms with van der Waals surface area (Å²) in [5.74, 6) is 0.800. The molecule has 2 rings (SSSR count). The van der Waals surface area contributed by atoms with Gasteiger partial charge in [-0.1, -0.05) is 6.08 Å². The van der Waals surface area contributed by atoms with Gasteiger partial charge in [0.2, 0.25) is 0 Å². The minimum absolute atomic E-state index is 0.603. The van der Waals surface area contributed by atoms with Gasteiger partial charge in [-0.15, -0.1) is 0 Å². The Morgan fingerprint density at radius 2 is 2.41 bits per heavy atom. The number of nitrogens with two attached hydrogens (primary N) is 1. The van der Waals surface area contributed by atoms with Crippen molar-refractivity contribution < 1.29 is 9.21 Å². The Morgan fingerprint density at radius 1 is 1.53 bits per heavy atom. The predicted molar refractivity (Wildman–Crippen MR) is 64.5 cm³/mol. The molecule has 1 heterocycles. The molecule has 0 aliphatic heterocycles. The highest BCUT2D eigenvalue weighted by Crippen LogP contribution is 2.24. The molecule has 90 valence electrons. The first-order valence-corrected chi connectivity index (χ1v) is 5.52. The van der Waals surface area contributed by atoms with Crippen LogP contribution in [0.5, 0.6) is 0 Å². The Kier molecular flexibility index (Phi) is 3.49. The lowest BCUT2D eigenvalue weighted by Crippen LogP contribution is -2.41. The zero-order chi connectivity index (χ0) is 12.1. The van der Waals surface area contributed by atoms with Gasteiger partial charge in [-0.05, 0) is 43.0 Å². The highest BCUT2D eigenvalue weighted by molar-refractivity contribution is 5.71. The zero-order valence-electron chi connectivity index (χ0n) is 9.40. The molecular weight excluding hydrogens is 218 g/mol. The summed E-state index contributed by atoms with van der Waals surface area (Å²) in [5.41, 5.74) is 12.2. The number of urea groups is 1. The maximum absolute atomic E-state index is 10.6. The zero-order valence-corrected chi connectivity index (χ0v) is 9.40. The van der Waals surface area contributed by atoms with Gasteiger partial charge in [-0.2, -0.15) is 0 Å². The highest BCUT2D eigenvalue weighted by atomic mass is 16.3. The molecular formula is C12H15N3O2. The summed E-state index contributed by atoms with van der Waals surface area (Å²) in [6.45, 7) is 0. The maximum atomic E-state index is 10.6. The van der Waals surface area contributed by atoms with Crippen LogP contribution >= 0.6 is 0 Å². The van der Waals surface area contributed by atoms with Crippen LogP contribution in [-0.2, 0) is 0 Å². The molecule has 0 bridgehead atoms. The molecule has 0 aromatic carbocycles. The van der Waals surface area contributed by atoms with Crippen molar-refractivity contribution in [2.45, 2.75) is 19.3 Å². The lowest BCUT2D eigenvalue weighted by Gasteiger charge is -2.18. The second kappa shape index (κ2) is 5.25. The molecule has 17 heavy (non-hydrogen) atoms. The average Bonchev–Trinajstić information content (AvgIpc) is 2.80. The van der Waals surface area contributed by atoms with Gasteiger partial charge in [0.05, 0.1) is 12.0 Å². The second-order valence-electron chi connectivity index (χ2n) is 3.81. The number of furan rings is 1. The van der Waals surface area contributed by atoms with Gasteiger partial charge in [0.25, 0.3) is 0 Å². The van der Waals surface area contributed by atoms with E-state index in [9.17, 15) is 4.79 Å². The summed E-state index contributed by atoms with van der Waals surface area (Å²) in [4.78, 5) is 10.6. The van der Waals surface area contributed by atoms with E-state index in [0.717, 1.165) is 36.3 Å². The van der Waals surface area contributed by atoms with E-state index >= 15 is 0 Å². The van der Waals surface area contributed by atoms with Crippen LogP contribution in [-0.4, -0.2) is 6.03 Å². The van der Waals surface area contributed by atoms with Gasteiger partial charge >= 0.3 is 6.03 Å². The third kappa shape index (κ3) is 3.14. The third-order valence-corrected chi connectivity index (χ3v) is 2.52. The van der Waals surface area contributed by atoms with E-state index in [1.165, 1.54) is 0 Å². The van der Waals surface area contributed by atoms with Crippen LogP contribution in [0.3, 0.4) is 0 Å². The van der Waals surface area contributed by atoms with Gasteiger partial charge in [0.15, 0.2) is 0 Å². The Balaban J connectivity index is 2.11. The van der Waals surface area contributed by atoms with Gasteiger partial charge in [-0.3, -0.25) is 10.9 Å². The SMILES string of the molecule is NC(=O)NNC1=CCCC/C1=C\c1ccco1. The number of primary amides is 1. The summed E-state index contributed by atoms with van der Waals surface area (Å²) in [5, 5.41) is 0. The molecule has 1 aliphatic rings. The highest BCUT2D eigenvalue weighted by Gasteiger charge is 2.11. The number of rotatable bonds is 3. The van der Waals surface area contributed by atoms with Gasteiger partial charge in [-0.25, -0.2) is 4.79 Å². The van der Waals surface area contributed by atoms with E-state index in [0.29, 0.717) is 0 Å². The van der Waals surface area contributed by atoms with E-state index in [1.807, 2.05) is 24.3 Å². The van der Waals surface area contributed by atoms with Crippen molar-refractivity contribution in [3.05, 3.63) is 41.5 Å². The fraction of sp³-hybridized carbons (Fsp3) is 0.250. The number of hydrazine groups is 1. The fourth-order valence-electron chi connectivity index (χ4n) is 1.76. The van der Waals surface area contributed by atoms with Crippen molar-refractivity contribution in [1.29, 1.82) is 0 Å². The van der Waals surface area contributed by atoms with E-state index in [-0.39, 0.29) is 0 Å². The molecule has 1 aliphatic carbocycles. The monoisotopic (exact) mass is 233 g/mol. The quantitative estimate of drug-likeness (QED) is 0.697. The lowest BCUT2D eigenvalue weighted by molar-refractivity contribution is 0.246. The number of allylic oxidation sites excluding steroid dienone is 2. The first-order valence-electron chi connectivity index (χ1n) is 5.52. The smallest absolute Gasteiger partial charge is 0.330 e. The molecule has 0 saturated carbocycles. The third-order valence-electron chi connectivity index (χ3n) is 2.52. The van der Waals surface area contributed by atoms with Crippen LogP contribution in [0.4, 0.5) is 4.79 Å². The second-order valence-corrected chi connectivity index (χ2v) is 3.81.